The van der Waals surface area contributed by atoms with E-state index < -0.39 is 0 Å². The molecule has 0 amide bonds. The normalized spacial score (nSPS) is 11.2. The largest absolute Gasteiger partial charge is 0.206 e. The number of hydrogen-bond acceptors (Lipinski definition) is 1. The third-order valence-corrected chi connectivity index (χ3v) is 3.52. The summed E-state index contributed by atoms with van der Waals surface area (Å²) < 4.78 is 14.0. The summed E-state index contributed by atoms with van der Waals surface area (Å²) in [5.74, 6) is 5.14. The van der Waals surface area contributed by atoms with Gasteiger partial charge in [0.1, 0.15) is 5.82 Å². The highest BCUT2D eigenvalue weighted by atomic mass is 19.1. The Morgan fingerprint density at radius 1 is 1.09 bits per heavy atom. The van der Waals surface area contributed by atoms with E-state index in [2.05, 4.69) is 37.0 Å². The summed E-state index contributed by atoms with van der Waals surface area (Å²) in [5, 5.41) is 8.86. The number of nitriles is 1. The first kappa shape index (κ1) is 15.8. The van der Waals surface area contributed by atoms with Crippen LogP contribution in [0.5, 0.6) is 0 Å². The van der Waals surface area contributed by atoms with E-state index in [-0.39, 0.29) is 11.7 Å². The summed E-state index contributed by atoms with van der Waals surface area (Å²) in [7, 11) is 0. The Hall–Kier alpha value is -2.58. The second-order valence-electron chi connectivity index (χ2n) is 5.29. The molecule has 0 spiro atoms. The molecule has 0 heterocycles. The molecule has 2 rings (SSSR count). The molecule has 2 aromatic rings. The lowest BCUT2D eigenvalue weighted by Gasteiger charge is -2.03. The Balaban J connectivity index is 2.19. The van der Waals surface area contributed by atoms with Crippen LogP contribution in [-0.4, -0.2) is 0 Å². The van der Waals surface area contributed by atoms with Gasteiger partial charge in [0.15, 0.2) is 0 Å². The van der Waals surface area contributed by atoms with E-state index in [1.54, 1.807) is 19.1 Å². The summed E-state index contributed by atoms with van der Waals surface area (Å²) in [4.78, 5) is 0. The van der Waals surface area contributed by atoms with Crippen molar-refractivity contribution in [3.05, 3.63) is 70.5 Å². The van der Waals surface area contributed by atoms with Crippen molar-refractivity contribution in [1.29, 1.82) is 5.26 Å². The lowest BCUT2D eigenvalue weighted by atomic mass is 10.0. The maximum atomic E-state index is 14.0. The molecule has 22 heavy (non-hydrogen) atoms. The molecule has 2 aromatic carbocycles. The SMILES string of the molecule is CCCc1ccc(C#Cc2ccc(C(C)C#N)cc2F)cc1. The number of hydrogen-bond donors (Lipinski definition) is 0. The minimum atomic E-state index is -0.380. The summed E-state index contributed by atoms with van der Waals surface area (Å²) in [5.41, 5.74) is 3.18. The number of rotatable bonds is 3. The van der Waals surface area contributed by atoms with E-state index in [4.69, 9.17) is 5.26 Å². The van der Waals surface area contributed by atoms with E-state index in [1.165, 1.54) is 11.6 Å². The number of nitrogens with zero attached hydrogens (tertiary/aromatic N) is 1. The van der Waals surface area contributed by atoms with Crippen molar-refractivity contribution in [1.82, 2.24) is 0 Å². The predicted molar refractivity (Wildman–Crippen MR) is 86.8 cm³/mol. The molecule has 2 heteroatoms. The number of halogens is 1. The molecule has 1 unspecified atom stereocenters. The zero-order chi connectivity index (χ0) is 15.9. The molecule has 0 fully saturated rings. The molecule has 0 aliphatic carbocycles. The lowest BCUT2D eigenvalue weighted by molar-refractivity contribution is 0.621. The van der Waals surface area contributed by atoms with Crippen molar-refractivity contribution in [2.45, 2.75) is 32.6 Å². The van der Waals surface area contributed by atoms with E-state index in [1.807, 2.05) is 12.1 Å². The van der Waals surface area contributed by atoms with Crippen molar-refractivity contribution in [2.75, 3.05) is 0 Å². The van der Waals surface area contributed by atoms with Crippen LogP contribution in [0.25, 0.3) is 0 Å². The lowest BCUT2D eigenvalue weighted by Crippen LogP contribution is -1.93. The van der Waals surface area contributed by atoms with Crippen LogP contribution in [0.1, 0.15) is 48.4 Å². The maximum absolute atomic E-state index is 14.0. The third kappa shape index (κ3) is 3.96. The predicted octanol–water partition coefficient (Wildman–Crippen LogP) is 4.81. The Morgan fingerprint density at radius 3 is 2.41 bits per heavy atom. The van der Waals surface area contributed by atoms with Crippen LogP contribution in [0.4, 0.5) is 4.39 Å². The first-order valence-electron chi connectivity index (χ1n) is 7.44. The van der Waals surface area contributed by atoms with Gasteiger partial charge >= 0.3 is 0 Å². The first-order chi connectivity index (χ1) is 10.6. The van der Waals surface area contributed by atoms with Gasteiger partial charge in [-0.15, -0.1) is 0 Å². The average molecular weight is 291 g/mol. The number of benzene rings is 2. The quantitative estimate of drug-likeness (QED) is 0.745. The molecule has 0 radical (unpaired) electrons. The van der Waals surface area contributed by atoms with Gasteiger partial charge in [-0.25, -0.2) is 4.39 Å². The topological polar surface area (TPSA) is 23.8 Å². The molecular weight excluding hydrogens is 273 g/mol. The smallest absolute Gasteiger partial charge is 0.139 e. The minimum Gasteiger partial charge on any atom is -0.206 e. The molecule has 1 atom stereocenters. The summed E-state index contributed by atoms with van der Waals surface area (Å²) in [6.45, 7) is 3.89. The fraction of sp³-hybridized carbons (Fsp3) is 0.250. The summed E-state index contributed by atoms with van der Waals surface area (Å²) >= 11 is 0. The van der Waals surface area contributed by atoms with Gasteiger partial charge in [-0.2, -0.15) is 5.26 Å². The van der Waals surface area contributed by atoms with Crippen LogP contribution in [0.15, 0.2) is 42.5 Å². The third-order valence-electron chi connectivity index (χ3n) is 3.52. The molecular formula is C20H18FN. The van der Waals surface area contributed by atoms with Crippen molar-refractivity contribution in [3.63, 3.8) is 0 Å². The van der Waals surface area contributed by atoms with Crippen molar-refractivity contribution in [3.8, 4) is 17.9 Å². The Bertz CT molecular complexity index is 742. The molecule has 1 nitrogen and oxygen atoms in total. The van der Waals surface area contributed by atoms with Crippen molar-refractivity contribution in [2.24, 2.45) is 0 Å². The van der Waals surface area contributed by atoms with Gasteiger partial charge in [-0.3, -0.25) is 0 Å². The zero-order valence-corrected chi connectivity index (χ0v) is 12.9. The van der Waals surface area contributed by atoms with E-state index in [0.29, 0.717) is 11.1 Å². The highest BCUT2D eigenvalue weighted by Gasteiger charge is 2.07. The van der Waals surface area contributed by atoms with Gasteiger partial charge in [0.25, 0.3) is 0 Å². The van der Waals surface area contributed by atoms with Crippen molar-refractivity contribution >= 4 is 0 Å². The first-order valence-corrected chi connectivity index (χ1v) is 7.44. The Morgan fingerprint density at radius 2 is 1.82 bits per heavy atom. The highest BCUT2D eigenvalue weighted by molar-refractivity contribution is 5.45. The molecule has 0 aliphatic heterocycles. The molecule has 0 bridgehead atoms. The fourth-order valence-corrected chi connectivity index (χ4v) is 2.16. The van der Waals surface area contributed by atoms with Crippen LogP contribution in [0, 0.1) is 29.0 Å². The van der Waals surface area contributed by atoms with Crippen LogP contribution in [0.3, 0.4) is 0 Å². The van der Waals surface area contributed by atoms with Crippen molar-refractivity contribution < 1.29 is 4.39 Å². The Labute approximate surface area is 131 Å². The molecule has 110 valence electrons. The summed E-state index contributed by atoms with van der Waals surface area (Å²) in [6, 6.07) is 14.9. The molecule has 0 saturated heterocycles. The standard InChI is InChI=1S/C20H18FN/c1-3-4-16-5-7-17(8-6-16)9-10-18-11-12-19(13-20(18)21)15(2)14-22/h5-8,11-13,15H,3-4H2,1-2H3. The second-order valence-corrected chi connectivity index (χ2v) is 5.29. The monoisotopic (exact) mass is 291 g/mol. The van der Waals surface area contributed by atoms with Crippen LogP contribution in [0.2, 0.25) is 0 Å². The van der Waals surface area contributed by atoms with Crippen LogP contribution >= 0.6 is 0 Å². The van der Waals surface area contributed by atoms with E-state index >= 15 is 0 Å². The van der Waals surface area contributed by atoms with Gasteiger partial charge in [0.2, 0.25) is 0 Å². The van der Waals surface area contributed by atoms with Crippen LogP contribution < -0.4 is 0 Å². The molecule has 0 aliphatic rings. The van der Waals surface area contributed by atoms with Gasteiger partial charge in [0.05, 0.1) is 17.6 Å². The molecule has 0 N–H and O–H groups in total. The number of aryl methyl sites for hydroxylation is 1. The van der Waals surface area contributed by atoms with Gasteiger partial charge in [0, 0.05) is 5.56 Å². The van der Waals surface area contributed by atoms with E-state index in [9.17, 15) is 4.39 Å². The fourth-order valence-electron chi connectivity index (χ4n) is 2.16. The minimum absolute atomic E-state index is 0.317. The van der Waals surface area contributed by atoms with Gasteiger partial charge < -0.3 is 0 Å². The van der Waals surface area contributed by atoms with Gasteiger partial charge in [-0.1, -0.05) is 43.4 Å². The molecule has 0 saturated carbocycles. The molecule has 0 aromatic heterocycles. The van der Waals surface area contributed by atoms with Gasteiger partial charge in [-0.05, 0) is 48.7 Å². The average Bonchev–Trinajstić information content (AvgIpc) is 2.54. The summed E-state index contributed by atoms with van der Waals surface area (Å²) in [6.07, 6.45) is 2.17. The maximum Gasteiger partial charge on any atom is 0.139 e. The van der Waals surface area contributed by atoms with Crippen LogP contribution in [-0.2, 0) is 6.42 Å². The highest BCUT2D eigenvalue weighted by Crippen LogP contribution is 2.17. The van der Waals surface area contributed by atoms with E-state index in [0.717, 1.165) is 18.4 Å². The zero-order valence-electron chi connectivity index (χ0n) is 12.9. The second kappa shape index (κ2) is 7.43. The Kier molecular flexibility index (Phi) is 5.34.